The van der Waals surface area contributed by atoms with Crippen LogP contribution in [0.3, 0.4) is 0 Å². The summed E-state index contributed by atoms with van der Waals surface area (Å²) in [4.78, 5) is 26.2. The van der Waals surface area contributed by atoms with Crippen LogP contribution >= 0.6 is 0 Å². The summed E-state index contributed by atoms with van der Waals surface area (Å²) in [5.74, 6) is 1.04. The number of ether oxygens (including phenoxy) is 1. The van der Waals surface area contributed by atoms with E-state index in [4.69, 9.17) is 9.15 Å². The van der Waals surface area contributed by atoms with E-state index in [2.05, 4.69) is 5.32 Å². The molecule has 0 aromatic carbocycles. The second kappa shape index (κ2) is 5.91. The van der Waals surface area contributed by atoms with Crippen molar-refractivity contribution in [3.63, 3.8) is 0 Å². The van der Waals surface area contributed by atoms with E-state index in [1.165, 1.54) is 6.26 Å². The van der Waals surface area contributed by atoms with Crippen LogP contribution in [-0.4, -0.2) is 41.6 Å². The Morgan fingerprint density at radius 2 is 2.09 bits per heavy atom. The van der Waals surface area contributed by atoms with Gasteiger partial charge in [-0.15, -0.1) is 0 Å². The van der Waals surface area contributed by atoms with Crippen LogP contribution in [0.2, 0.25) is 0 Å². The van der Waals surface area contributed by atoms with E-state index < -0.39 is 5.60 Å². The number of amides is 2. The Labute approximate surface area is 136 Å². The van der Waals surface area contributed by atoms with Gasteiger partial charge >= 0.3 is 6.09 Å². The molecule has 1 aliphatic carbocycles. The maximum Gasteiger partial charge on any atom is 0.407 e. The lowest BCUT2D eigenvalue weighted by Crippen LogP contribution is -2.42. The van der Waals surface area contributed by atoms with E-state index in [-0.39, 0.29) is 18.0 Å². The second-order valence-electron chi connectivity index (χ2n) is 7.44. The van der Waals surface area contributed by atoms with E-state index in [9.17, 15) is 9.59 Å². The van der Waals surface area contributed by atoms with Crippen molar-refractivity contribution in [2.75, 3.05) is 13.1 Å². The minimum Gasteiger partial charge on any atom is -0.459 e. The zero-order chi connectivity index (χ0) is 16.6. The summed E-state index contributed by atoms with van der Waals surface area (Å²) in [6, 6.07) is 3.48. The summed E-state index contributed by atoms with van der Waals surface area (Å²) in [7, 11) is 0. The van der Waals surface area contributed by atoms with Gasteiger partial charge in [0.1, 0.15) is 5.60 Å². The Morgan fingerprint density at radius 3 is 2.74 bits per heavy atom. The van der Waals surface area contributed by atoms with Crippen LogP contribution in [0.15, 0.2) is 22.8 Å². The van der Waals surface area contributed by atoms with Gasteiger partial charge in [0.05, 0.1) is 6.26 Å². The first-order valence-electron chi connectivity index (χ1n) is 8.16. The molecule has 0 bridgehead atoms. The van der Waals surface area contributed by atoms with Gasteiger partial charge in [-0.05, 0) is 51.7 Å². The lowest BCUT2D eigenvalue weighted by Gasteiger charge is -2.24. The number of hydrogen-bond donors (Lipinski definition) is 1. The van der Waals surface area contributed by atoms with Crippen LogP contribution in [0.1, 0.15) is 44.2 Å². The summed E-state index contributed by atoms with van der Waals surface area (Å²) < 4.78 is 10.5. The fourth-order valence-corrected chi connectivity index (χ4v) is 3.63. The van der Waals surface area contributed by atoms with Crippen LogP contribution in [-0.2, 0) is 4.74 Å². The molecule has 126 valence electrons. The Balaban J connectivity index is 1.59. The van der Waals surface area contributed by atoms with Crippen molar-refractivity contribution in [3.05, 3.63) is 24.2 Å². The summed E-state index contributed by atoms with van der Waals surface area (Å²) in [6.07, 6.45) is 3.10. The topological polar surface area (TPSA) is 71.8 Å². The van der Waals surface area contributed by atoms with Crippen molar-refractivity contribution < 1.29 is 18.7 Å². The molecule has 6 heteroatoms. The summed E-state index contributed by atoms with van der Waals surface area (Å²) in [5.41, 5.74) is -0.501. The van der Waals surface area contributed by atoms with Crippen molar-refractivity contribution in [2.24, 2.45) is 11.8 Å². The highest BCUT2D eigenvalue weighted by molar-refractivity contribution is 5.91. The van der Waals surface area contributed by atoms with Gasteiger partial charge < -0.3 is 19.4 Å². The van der Waals surface area contributed by atoms with Crippen molar-refractivity contribution >= 4 is 12.0 Å². The lowest BCUT2D eigenvalue weighted by atomic mass is 9.98. The molecule has 1 N–H and O–H groups in total. The molecule has 2 heterocycles. The lowest BCUT2D eigenvalue weighted by molar-refractivity contribution is 0.0491. The van der Waals surface area contributed by atoms with E-state index >= 15 is 0 Å². The third-order valence-electron chi connectivity index (χ3n) is 4.58. The molecule has 1 aromatic heterocycles. The molecular weight excluding hydrogens is 296 g/mol. The number of furan rings is 1. The number of carbonyl (C=O) groups is 2. The molecule has 6 nitrogen and oxygen atoms in total. The Kier molecular flexibility index (Phi) is 4.08. The molecule has 1 aliphatic heterocycles. The average Bonchev–Trinajstić information content (AvgIpc) is 3.13. The van der Waals surface area contributed by atoms with Crippen LogP contribution in [0.4, 0.5) is 4.79 Å². The minimum absolute atomic E-state index is 0.0691. The summed E-state index contributed by atoms with van der Waals surface area (Å²) in [5, 5.41) is 2.98. The molecule has 0 unspecified atom stereocenters. The smallest absolute Gasteiger partial charge is 0.407 e. The normalized spacial score (nSPS) is 26.9. The third kappa shape index (κ3) is 3.51. The number of alkyl carbamates (subject to hydrolysis) is 1. The molecule has 2 aliphatic rings. The zero-order valence-electron chi connectivity index (χ0n) is 13.9. The van der Waals surface area contributed by atoms with Gasteiger partial charge in [-0.3, -0.25) is 4.79 Å². The molecule has 3 atom stereocenters. The van der Waals surface area contributed by atoms with Crippen LogP contribution in [0, 0.1) is 11.8 Å². The quantitative estimate of drug-likeness (QED) is 0.909. The van der Waals surface area contributed by atoms with Gasteiger partial charge in [-0.25, -0.2) is 4.79 Å². The average molecular weight is 320 g/mol. The van der Waals surface area contributed by atoms with Crippen molar-refractivity contribution in [2.45, 2.75) is 45.3 Å². The zero-order valence-corrected chi connectivity index (χ0v) is 13.9. The molecule has 2 fully saturated rings. The van der Waals surface area contributed by atoms with Crippen molar-refractivity contribution in [1.82, 2.24) is 10.2 Å². The molecular formula is C17H24N2O4. The maximum absolute atomic E-state index is 12.4. The number of nitrogens with zero attached hydrogens (tertiary/aromatic N) is 1. The Morgan fingerprint density at radius 1 is 1.30 bits per heavy atom. The monoisotopic (exact) mass is 320 g/mol. The molecule has 2 amide bonds. The van der Waals surface area contributed by atoms with Crippen LogP contribution in [0.5, 0.6) is 0 Å². The van der Waals surface area contributed by atoms with Crippen molar-refractivity contribution in [3.8, 4) is 0 Å². The SMILES string of the molecule is CC(C)(C)OC(=O)N[C@@H]1CC[C@H]2CN(C(=O)c3ccco3)C[C@@H]21. The van der Waals surface area contributed by atoms with Gasteiger partial charge in [0.2, 0.25) is 0 Å². The molecule has 1 saturated heterocycles. The van der Waals surface area contributed by atoms with E-state index in [1.807, 2.05) is 25.7 Å². The first-order chi connectivity index (χ1) is 10.8. The first-order valence-corrected chi connectivity index (χ1v) is 8.16. The first kappa shape index (κ1) is 15.9. The van der Waals surface area contributed by atoms with Gasteiger partial charge in [0.15, 0.2) is 5.76 Å². The number of nitrogens with one attached hydrogen (secondary N) is 1. The second-order valence-corrected chi connectivity index (χ2v) is 7.44. The fraction of sp³-hybridized carbons (Fsp3) is 0.647. The third-order valence-corrected chi connectivity index (χ3v) is 4.58. The largest absolute Gasteiger partial charge is 0.459 e. The highest BCUT2D eigenvalue weighted by Crippen LogP contribution is 2.38. The Hall–Kier alpha value is -1.98. The van der Waals surface area contributed by atoms with Gasteiger partial charge in [0, 0.05) is 25.0 Å². The predicted octanol–water partition coefficient (Wildman–Crippen LogP) is 2.65. The highest BCUT2D eigenvalue weighted by Gasteiger charge is 2.45. The number of likely N-dealkylation sites (tertiary alicyclic amines) is 1. The molecule has 23 heavy (non-hydrogen) atoms. The maximum atomic E-state index is 12.4. The van der Waals surface area contributed by atoms with Crippen LogP contribution in [0.25, 0.3) is 0 Å². The molecule has 3 rings (SSSR count). The number of fused-ring (bicyclic) bond motifs is 1. The molecule has 1 saturated carbocycles. The molecule has 0 radical (unpaired) electrons. The highest BCUT2D eigenvalue weighted by atomic mass is 16.6. The Bertz CT molecular complexity index is 576. The van der Waals surface area contributed by atoms with Crippen LogP contribution < -0.4 is 5.32 Å². The molecule has 1 aromatic rings. The summed E-state index contributed by atoms with van der Waals surface area (Å²) >= 11 is 0. The number of carbonyl (C=O) groups excluding carboxylic acids is 2. The predicted molar refractivity (Wildman–Crippen MR) is 84.0 cm³/mol. The van der Waals surface area contributed by atoms with E-state index in [0.29, 0.717) is 24.1 Å². The van der Waals surface area contributed by atoms with E-state index in [1.54, 1.807) is 12.1 Å². The van der Waals surface area contributed by atoms with Gasteiger partial charge in [-0.1, -0.05) is 0 Å². The van der Waals surface area contributed by atoms with E-state index in [0.717, 1.165) is 19.4 Å². The standard InChI is InChI=1S/C17H24N2O4/c1-17(2,3)23-16(21)18-13-7-6-11-9-19(10-12(11)13)15(20)14-5-4-8-22-14/h4-5,8,11-13H,6-7,9-10H2,1-3H3,(H,18,21)/t11-,12-,13+/m0/s1. The number of rotatable bonds is 2. The van der Waals surface area contributed by atoms with Gasteiger partial charge in [-0.2, -0.15) is 0 Å². The number of hydrogen-bond acceptors (Lipinski definition) is 4. The fourth-order valence-electron chi connectivity index (χ4n) is 3.63. The minimum atomic E-state index is -0.501. The van der Waals surface area contributed by atoms with Crippen molar-refractivity contribution in [1.29, 1.82) is 0 Å². The van der Waals surface area contributed by atoms with Gasteiger partial charge in [0.25, 0.3) is 5.91 Å². The molecule has 0 spiro atoms. The summed E-state index contributed by atoms with van der Waals surface area (Å²) in [6.45, 7) is 6.94.